The summed E-state index contributed by atoms with van der Waals surface area (Å²) in [5.74, 6) is -3.92. The Morgan fingerprint density at radius 1 is 0.757 bits per heavy atom. The molecule has 0 amide bonds. The number of carboxylic acid groups (broad SMARTS) is 4. The number of carboxylic acids is 4. The van der Waals surface area contributed by atoms with Crippen LogP contribution in [0.15, 0.2) is 4.99 Å². The Kier molecular flexibility index (Phi) is 29.5. The molecule has 0 saturated carbocycles. The van der Waals surface area contributed by atoms with Gasteiger partial charge < -0.3 is 65.7 Å². The molecule has 0 aliphatic carbocycles. The summed E-state index contributed by atoms with van der Waals surface area (Å²) in [6.45, 7) is 2.36. The Balaban J connectivity index is -0.000000200. The molecule has 5 atom stereocenters. The lowest BCUT2D eigenvalue weighted by Gasteiger charge is -2.06. The fourth-order valence-corrected chi connectivity index (χ4v) is 1.72. The van der Waals surface area contributed by atoms with E-state index < -0.39 is 54.1 Å². The van der Waals surface area contributed by atoms with E-state index in [4.69, 9.17) is 65.7 Å². The molecule has 17 nitrogen and oxygen atoms in total. The summed E-state index contributed by atoms with van der Waals surface area (Å²) in [6, 6.07) is -3.51. The second kappa shape index (κ2) is 26.3. The van der Waals surface area contributed by atoms with Crippen molar-refractivity contribution in [1.29, 1.82) is 0 Å². The van der Waals surface area contributed by atoms with Crippen LogP contribution in [-0.4, -0.2) is 104 Å². The molecule has 0 bridgehead atoms. The van der Waals surface area contributed by atoms with Gasteiger partial charge in [0, 0.05) is 12.3 Å². The van der Waals surface area contributed by atoms with E-state index in [2.05, 4.69) is 17.6 Å². The number of carbonyl (C=O) groups is 4. The molecule has 0 saturated heterocycles. The summed E-state index contributed by atoms with van der Waals surface area (Å²) in [4.78, 5) is 43.6. The largest absolute Gasteiger partial charge is 0.480 e. The van der Waals surface area contributed by atoms with Crippen molar-refractivity contribution in [3.8, 4) is 0 Å². The minimum Gasteiger partial charge on any atom is -0.480 e. The topological polar surface area (TPSA) is 364 Å². The van der Waals surface area contributed by atoms with Gasteiger partial charge in [-0.05, 0) is 39.2 Å². The smallest absolute Gasteiger partial charge is 0.323 e. The van der Waals surface area contributed by atoms with E-state index >= 15 is 0 Å². The molecule has 0 spiro atoms. The third kappa shape index (κ3) is 33.3. The molecule has 0 aromatic heterocycles. The summed E-state index contributed by atoms with van der Waals surface area (Å²) >= 11 is 3.65. The van der Waals surface area contributed by atoms with Crippen molar-refractivity contribution in [2.24, 2.45) is 45.1 Å². The maximum atomic E-state index is 10.2. The number of nitrogens with zero attached hydrogens (tertiary/aromatic N) is 1. The molecule has 0 radical (unpaired) electrons. The molecule has 0 aromatic rings. The van der Waals surface area contributed by atoms with Crippen LogP contribution in [0.3, 0.4) is 0 Å². The first-order valence-corrected chi connectivity index (χ1v) is 11.6. The van der Waals surface area contributed by atoms with Crippen LogP contribution in [0, 0.1) is 0 Å². The standard InChI is InChI=1S/C6H14N4O2.C6H14N2O2.C4H9NO3.C3H7NO2S/c7-4(5(11)12)2-1-3-10-6(8)9;7-4-2-1-3-5(8)6(9)10;1-2(6)3(5)4(7)8;4-2(1-7)3(5)6/h4H,1-3,7H2,(H,11,12)(H4,8,9,10);5H,1-4,7-8H2,(H,9,10);2-3,6H,5H2,1H3,(H,7,8);2,7H,1,4H2,(H,5,6). The minimum absolute atomic E-state index is 0.0129. The summed E-state index contributed by atoms with van der Waals surface area (Å²) in [7, 11) is 0. The average molecular weight is 561 g/mol. The van der Waals surface area contributed by atoms with Gasteiger partial charge in [0.05, 0.1) is 6.10 Å². The number of aliphatic hydroxyl groups excluding tert-OH is 1. The zero-order valence-electron chi connectivity index (χ0n) is 20.8. The fraction of sp³-hybridized carbons (Fsp3) is 0.737. The third-order valence-corrected chi connectivity index (χ3v) is 4.28. The maximum absolute atomic E-state index is 10.2. The van der Waals surface area contributed by atoms with E-state index in [1.54, 1.807) is 0 Å². The highest BCUT2D eigenvalue weighted by Gasteiger charge is 2.16. The number of unbranched alkanes of at least 4 members (excludes halogenated alkanes) is 1. The van der Waals surface area contributed by atoms with Gasteiger partial charge in [0.15, 0.2) is 5.96 Å². The van der Waals surface area contributed by atoms with Crippen molar-refractivity contribution in [2.75, 3.05) is 18.8 Å². The van der Waals surface area contributed by atoms with Crippen LogP contribution in [0.5, 0.6) is 0 Å². The van der Waals surface area contributed by atoms with E-state index in [1.807, 2.05) is 0 Å². The summed E-state index contributed by atoms with van der Waals surface area (Å²) < 4.78 is 0. The number of hydrogen-bond donors (Lipinski definition) is 13. The van der Waals surface area contributed by atoms with Gasteiger partial charge in [-0.25, -0.2) is 0 Å². The number of thiol groups is 1. The molecule has 220 valence electrons. The second-order valence-electron chi connectivity index (χ2n) is 7.35. The molecule has 0 rings (SSSR count). The lowest BCUT2D eigenvalue weighted by molar-refractivity contribution is -0.141. The Labute approximate surface area is 220 Å². The van der Waals surface area contributed by atoms with Crippen LogP contribution >= 0.6 is 12.6 Å². The summed E-state index contributed by atoms with van der Waals surface area (Å²) in [5, 5.41) is 41.3. The highest BCUT2D eigenvalue weighted by molar-refractivity contribution is 7.80. The van der Waals surface area contributed by atoms with Crippen LogP contribution in [0.1, 0.15) is 39.0 Å². The summed E-state index contributed by atoms with van der Waals surface area (Å²) in [6.07, 6.45) is 2.14. The maximum Gasteiger partial charge on any atom is 0.323 e. The predicted molar refractivity (Wildman–Crippen MR) is 141 cm³/mol. The highest BCUT2D eigenvalue weighted by Crippen LogP contribution is 1.97. The second-order valence-corrected chi connectivity index (χ2v) is 7.72. The molecule has 0 heterocycles. The van der Waals surface area contributed by atoms with E-state index in [9.17, 15) is 19.2 Å². The molecule has 37 heavy (non-hydrogen) atoms. The number of hydrogen-bond acceptors (Lipinski definition) is 12. The van der Waals surface area contributed by atoms with Gasteiger partial charge in [-0.3, -0.25) is 24.2 Å². The SMILES string of the molecule is CC(O)C(N)C(=O)O.NC(CS)C(=O)O.NC(N)=NCCCC(N)C(=O)O.NCCCCC(N)C(=O)O. The number of rotatable bonds is 14. The first-order valence-electron chi connectivity index (χ1n) is 10.9. The lowest BCUT2D eigenvalue weighted by atomic mass is 10.1. The van der Waals surface area contributed by atoms with Crippen LogP contribution in [0.2, 0.25) is 0 Å². The molecule has 0 fully saturated rings. The molecule has 0 aliphatic rings. The Morgan fingerprint density at radius 2 is 1.16 bits per heavy atom. The monoisotopic (exact) mass is 560 g/mol. The van der Waals surface area contributed by atoms with Crippen molar-refractivity contribution in [1.82, 2.24) is 0 Å². The third-order valence-electron chi connectivity index (χ3n) is 3.89. The van der Waals surface area contributed by atoms with Crippen molar-refractivity contribution in [2.45, 2.75) is 69.3 Å². The number of aliphatic hydroxyl groups is 1. The van der Waals surface area contributed by atoms with Gasteiger partial charge in [0.2, 0.25) is 0 Å². The zero-order valence-corrected chi connectivity index (χ0v) is 21.7. The van der Waals surface area contributed by atoms with Crippen molar-refractivity contribution >= 4 is 42.5 Å². The molecule has 0 aromatic carbocycles. The minimum atomic E-state index is -1.18. The molecular formula is C19H44N8O9S. The predicted octanol–water partition coefficient (Wildman–Crippen LogP) is -3.91. The Hall–Kier alpha value is -2.74. The van der Waals surface area contributed by atoms with Crippen molar-refractivity contribution in [3.63, 3.8) is 0 Å². The van der Waals surface area contributed by atoms with Gasteiger partial charge in [-0.1, -0.05) is 6.42 Å². The van der Waals surface area contributed by atoms with Gasteiger partial charge in [-0.15, -0.1) is 0 Å². The number of aliphatic carboxylic acids is 4. The molecular weight excluding hydrogens is 516 g/mol. The average Bonchev–Trinajstić information content (AvgIpc) is 2.81. The zero-order chi connectivity index (χ0) is 30.1. The fourth-order valence-electron chi connectivity index (χ4n) is 1.56. The Bertz CT molecular complexity index is 667. The number of aliphatic imine (C=N–C) groups is 1. The highest BCUT2D eigenvalue weighted by atomic mass is 32.1. The number of nitrogens with two attached hydrogens (primary N) is 7. The van der Waals surface area contributed by atoms with Gasteiger partial charge in [0.25, 0.3) is 0 Å². The van der Waals surface area contributed by atoms with Crippen LogP contribution in [0.4, 0.5) is 0 Å². The van der Waals surface area contributed by atoms with E-state index in [0.29, 0.717) is 32.4 Å². The van der Waals surface area contributed by atoms with Crippen molar-refractivity contribution in [3.05, 3.63) is 0 Å². The van der Waals surface area contributed by atoms with Crippen LogP contribution in [0.25, 0.3) is 0 Å². The van der Waals surface area contributed by atoms with Crippen LogP contribution in [-0.2, 0) is 19.2 Å². The molecule has 5 unspecified atom stereocenters. The number of guanidine groups is 1. The van der Waals surface area contributed by atoms with Gasteiger partial charge in [-0.2, -0.15) is 12.6 Å². The van der Waals surface area contributed by atoms with Gasteiger partial charge in [0.1, 0.15) is 24.2 Å². The quantitative estimate of drug-likeness (QED) is 0.0417. The van der Waals surface area contributed by atoms with E-state index in [-0.39, 0.29) is 11.7 Å². The lowest BCUT2D eigenvalue weighted by Crippen LogP contribution is -2.39. The first kappa shape index (κ1) is 41.4. The molecule has 19 N–H and O–H groups in total. The molecule has 18 heteroatoms. The van der Waals surface area contributed by atoms with Gasteiger partial charge >= 0.3 is 23.9 Å². The van der Waals surface area contributed by atoms with Crippen LogP contribution < -0.4 is 40.1 Å². The normalized spacial score (nSPS) is 13.7. The van der Waals surface area contributed by atoms with Crippen molar-refractivity contribution < 1.29 is 44.7 Å². The summed E-state index contributed by atoms with van der Waals surface area (Å²) in [5.41, 5.74) is 35.6. The molecule has 0 aliphatic heterocycles. The van der Waals surface area contributed by atoms with E-state index in [0.717, 1.165) is 12.8 Å². The first-order chi connectivity index (χ1) is 17.0. The Morgan fingerprint density at radius 3 is 1.38 bits per heavy atom. The van der Waals surface area contributed by atoms with E-state index in [1.165, 1.54) is 6.92 Å².